The van der Waals surface area contributed by atoms with Crippen LogP contribution >= 0.6 is 0 Å². The molecule has 2 atom stereocenters. The van der Waals surface area contributed by atoms with Gasteiger partial charge in [-0.05, 0) is 44.7 Å². The summed E-state index contributed by atoms with van der Waals surface area (Å²) in [5.74, 6) is -0.209. The van der Waals surface area contributed by atoms with Crippen molar-refractivity contribution in [3.63, 3.8) is 0 Å². The number of halogens is 1. The van der Waals surface area contributed by atoms with E-state index < -0.39 is 15.7 Å². The second kappa shape index (κ2) is 5.27. The first-order chi connectivity index (χ1) is 7.74. The second-order valence-electron chi connectivity index (χ2n) is 5.19. The summed E-state index contributed by atoms with van der Waals surface area (Å²) in [7, 11) is -1.40. The van der Waals surface area contributed by atoms with E-state index in [1.807, 2.05) is 33.8 Å². The fourth-order valence-corrected chi connectivity index (χ4v) is 2.38. The summed E-state index contributed by atoms with van der Waals surface area (Å²) >= 11 is 0. The molecule has 4 heteroatoms. The van der Waals surface area contributed by atoms with E-state index in [0.717, 1.165) is 5.56 Å². The molecule has 0 aliphatic heterocycles. The Hall–Kier alpha value is -0.740. The average Bonchev–Trinajstić information content (AvgIpc) is 2.20. The van der Waals surface area contributed by atoms with Crippen molar-refractivity contribution >= 4 is 11.0 Å². The lowest BCUT2D eigenvalue weighted by Crippen LogP contribution is -2.33. The Bertz CT molecular complexity index is 431. The maximum Gasteiger partial charge on any atom is 0.126 e. The van der Waals surface area contributed by atoms with Crippen molar-refractivity contribution in [1.29, 1.82) is 0 Å². The third kappa shape index (κ3) is 3.61. The molecule has 0 heterocycles. The van der Waals surface area contributed by atoms with Crippen molar-refractivity contribution in [3.8, 4) is 0 Å². The van der Waals surface area contributed by atoms with Gasteiger partial charge in [0.2, 0.25) is 0 Å². The van der Waals surface area contributed by atoms with E-state index in [2.05, 4.69) is 0 Å². The van der Waals surface area contributed by atoms with Gasteiger partial charge >= 0.3 is 0 Å². The maximum absolute atomic E-state index is 13.7. The predicted molar refractivity (Wildman–Crippen MR) is 70.6 cm³/mol. The first-order valence-corrected chi connectivity index (χ1v) is 6.87. The zero-order valence-corrected chi connectivity index (χ0v) is 11.6. The molecule has 2 N–H and O–H groups in total. The Morgan fingerprint density at radius 2 is 2.06 bits per heavy atom. The van der Waals surface area contributed by atoms with Crippen molar-refractivity contribution in [1.82, 2.24) is 0 Å². The van der Waals surface area contributed by atoms with E-state index in [-0.39, 0.29) is 11.7 Å². The van der Waals surface area contributed by atoms with E-state index in [4.69, 9.17) is 5.14 Å². The summed E-state index contributed by atoms with van der Waals surface area (Å²) in [6.45, 7) is 7.55. The number of rotatable bonds is 4. The molecule has 1 rings (SSSR count). The minimum atomic E-state index is -1.40. The Labute approximate surface area is 105 Å². The van der Waals surface area contributed by atoms with Gasteiger partial charge in [-0.2, -0.15) is 0 Å². The fraction of sp³-hybridized carbons (Fsp3) is 0.538. The molecule has 1 aromatic carbocycles. The van der Waals surface area contributed by atoms with Crippen molar-refractivity contribution in [2.24, 2.45) is 5.14 Å². The van der Waals surface area contributed by atoms with Gasteiger partial charge in [0.15, 0.2) is 0 Å². The van der Waals surface area contributed by atoms with Crippen molar-refractivity contribution < 1.29 is 8.60 Å². The lowest BCUT2D eigenvalue weighted by atomic mass is 9.90. The maximum atomic E-state index is 13.7. The van der Waals surface area contributed by atoms with Gasteiger partial charge in [-0.1, -0.05) is 24.6 Å². The van der Waals surface area contributed by atoms with Gasteiger partial charge in [-0.25, -0.2) is 8.60 Å². The second-order valence-corrected chi connectivity index (χ2v) is 6.89. The van der Waals surface area contributed by atoms with E-state index in [9.17, 15) is 8.60 Å². The topological polar surface area (TPSA) is 43.1 Å². The SMILES string of the molecule is Cc1ccc(F)c([C@@H](C)CC(C)(C)S(N)=O)c1. The molecule has 2 nitrogen and oxygen atoms in total. The molecule has 0 aromatic heterocycles. The number of benzene rings is 1. The molecule has 1 unspecified atom stereocenters. The van der Waals surface area contributed by atoms with Crippen LogP contribution < -0.4 is 5.14 Å². The first-order valence-electron chi connectivity index (χ1n) is 5.66. The number of nitrogens with two attached hydrogens (primary N) is 1. The van der Waals surface area contributed by atoms with Gasteiger partial charge < -0.3 is 0 Å². The molecule has 0 amide bonds. The van der Waals surface area contributed by atoms with Crippen LogP contribution in [0.3, 0.4) is 0 Å². The lowest BCUT2D eigenvalue weighted by molar-refractivity contribution is 0.516. The molecule has 0 aliphatic rings. The van der Waals surface area contributed by atoms with Crippen LogP contribution in [0.5, 0.6) is 0 Å². The third-order valence-electron chi connectivity index (χ3n) is 3.02. The normalized spacial score (nSPS) is 15.6. The fourth-order valence-electron chi connectivity index (χ4n) is 1.97. The lowest BCUT2D eigenvalue weighted by Gasteiger charge is -2.25. The van der Waals surface area contributed by atoms with Crippen molar-refractivity contribution in [2.45, 2.75) is 44.8 Å². The summed E-state index contributed by atoms with van der Waals surface area (Å²) in [5.41, 5.74) is 1.70. The van der Waals surface area contributed by atoms with Crippen molar-refractivity contribution in [3.05, 3.63) is 35.1 Å². The Morgan fingerprint density at radius 1 is 1.47 bits per heavy atom. The van der Waals surface area contributed by atoms with Crippen LogP contribution in [0.2, 0.25) is 0 Å². The number of hydrogen-bond donors (Lipinski definition) is 1. The molecule has 0 fully saturated rings. The van der Waals surface area contributed by atoms with Crippen LogP contribution in [0.25, 0.3) is 0 Å². The van der Waals surface area contributed by atoms with E-state index in [1.165, 1.54) is 6.07 Å². The van der Waals surface area contributed by atoms with Crippen LogP contribution in [0, 0.1) is 12.7 Å². The molecule has 0 bridgehead atoms. The summed E-state index contributed by atoms with van der Waals surface area (Å²) in [4.78, 5) is 0. The largest absolute Gasteiger partial charge is 0.251 e. The monoisotopic (exact) mass is 257 g/mol. The van der Waals surface area contributed by atoms with Gasteiger partial charge in [0, 0.05) is 0 Å². The molecule has 0 saturated carbocycles. The summed E-state index contributed by atoms with van der Waals surface area (Å²) < 4.78 is 24.6. The molecular formula is C13H20FNOS. The Morgan fingerprint density at radius 3 is 2.59 bits per heavy atom. The molecule has 96 valence electrons. The van der Waals surface area contributed by atoms with E-state index in [1.54, 1.807) is 6.07 Å². The zero-order chi connectivity index (χ0) is 13.2. The van der Waals surface area contributed by atoms with Gasteiger partial charge in [0.05, 0.1) is 15.7 Å². The quantitative estimate of drug-likeness (QED) is 0.885. The number of hydrogen-bond acceptors (Lipinski definition) is 1. The van der Waals surface area contributed by atoms with Gasteiger partial charge in [0.25, 0.3) is 0 Å². The highest BCUT2D eigenvalue weighted by Crippen LogP contribution is 2.30. The standard InChI is InChI=1S/C13H20FNOS/c1-9-5-6-12(14)11(7-9)10(2)8-13(3,4)17(15)16/h5-7,10H,8,15H2,1-4H3/t10-,17?/m0/s1. The molecule has 0 spiro atoms. The van der Waals surface area contributed by atoms with E-state index >= 15 is 0 Å². The minimum absolute atomic E-state index is 0.00241. The highest BCUT2D eigenvalue weighted by molar-refractivity contribution is 7.84. The first kappa shape index (κ1) is 14.3. The van der Waals surface area contributed by atoms with E-state index in [0.29, 0.717) is 12.0 Å². The van der Waals surface area contributed by atoms with Gasteiger partial charge in [-0.15, -0.1) is 0 Å². The highest BCUT2D eigenvalue weighted by Gasteiger charge is 2.27. The smallest absolute Gasteiger partial charge is 0.126 e. The molecule has 0 saturated heterocycles. The van der Waals surface area contributed by atoms with Crippen LogP contribution in [0.1, 0.15) is 44.2 Å². The number of aryl methyl sites for hydroxylation is 1. The summed E-state index contributed by atoms with van der Waals surface area (Å²) in [5, 5.41) is 5.44. The molecule has 17 heavy (non-hydrogen) atoms. The van der Waals surface area contributed by atoms with Crippen LogP contribution in [0.15, 0.2) is 18.2 Å². The van der Waals surface area contributed by atoms with Crippen LogP contribution in [-0.4, -0.2) is 8.96 Å². The van der Waals surface area contributed by atoms with Crippen LogP contribution in [-0.2, 0) is 11.0 Å². The van der Waals surface area contributed by atoms with Gasteiger partial charge in [0.1, 0.15) is 5.82 Å². The van der Waals surface area contributed by atoms with Crippen molar-refractivity contribution in [2.75, 3.05) is 0 Å². The minimum Gasteiger partial charge on any atom is -0.251 e. The highest BCUT2D eigenvalue weighted by atomic mass is 32.2. The van der Waals surface area contributed by atoms with Gasteiger partial charge in [-0.3, -0.25) is 5.14 Å². The molecular weight excluding hydrogens is 237 g/mol. The Balaban J connectivity index is 2.94. The summed E-state index contributed by atoms with van der Waals surface area (Å²) in [6.07, 6.45) is 0.594. The van der Waals surface area contributed by atoms with Crippen LogP contribution in [0.4, 0.5) is 4.39 Å². The summed E-state index contributed by atoms with van der Waals surface area (Å²) in [6, 6.07) is 5.07. The molecule has 0 aliphatic carbocycles. The predicted octanol–water partition coefficient (Wildman–Crippen LogP) is 3.03. The average molecular weight is 257 g/mol. The third-order valence-corrected chi connectivity index (χ3v) is 4.28. The zero-order valence-electron chi connectivity index (χ0n) is 10.8. The molecule has 0 radical (unpaired) electrons. The Kier molecular flexibility index (Phi) is 4.44. The molecule has 1 aromatic rings.